The molecular formula is C17H26N6O. The van der Waals surface area contributed by atoms with E-state index in [1.165, 1.54) is 0 Å². The van der Waals surface area contributed by atoms with Crippen molar-refractivity contribution in [1.29, 1.82) is 0 Å². The predicted molar refractivity (Wildman–Crippen MR) is 91.9 cm³/mol. The lowest BCUT2D eigenvalue weighted by Gasteiger charge is -2.32. The van der Waals surface area contributed by atoms with Gasteiger partial charge in [-0.25, -0.2) is 0 Å². The highest BCUT2D eigenvalue weighted by molar-refractivity contribution is 5.30. The maximum atomic E-state index is 5.43. The predicted octanol–water partition coefficient (Wildman–Crippen LogP) is 1.11. The van der Waals surface area contributed by atoms with E-state index >= 15 is 0 Å². The maximum Gasteiger partial charge on any atom is 0.170 e. The van der Waals surface area contributed by atoms with Crippen molar-refractivity contribution in [2.75, 3.05) is 32.8 Å². The van der Waals surface area contributed by atoms with Crippen LogP contribution in [0.25, 0.3) is 5.69 Å². The van der Waals surface area contributed by atoms with Gasteiger partial charge in [0, 0.05) is 25.7 Å². The summed E-state index contributed by atoms with van der Waals surface area (Å²) in [6.45, 7) is 9.84. The Hall–Kier alpha value is -1.83. The van der Waals surface area contributed by atoms with Crippen molar-refractivity contribution in [3.05, 3.63) is 36.2 Å². The number of benzene rings is 1. The Balaban J connectivity index is 1.62. The van der Waals surface area contributed by atoms with Crippen LogP contribution in [-0.4, -0.2) is 64.0 Å². The first-order chi connectivity index (χ1) is 11.7. The number of hydrogen-bond donors (Lipinski definition) is 1. The molecule has 7 heteroatoms. The largest absolute Gasteiger partial charge is 0.379 e. The summed E-state index contributed by atoms with van der Waals surface area (Å²) >= 11 is 0. The van der Waals surface area contributed by atoms with Gasteiger partial charge in [0.15, 0.2) is 5.82 Å². The summed E-state index contributed by atoms with van der Waals surface area (Å²) in [5.41, 5.74) is 0.980. The average Bonchev–Trinajstić information content (AvgIpc) is 3.08. The SMILES string of the molecule is CC(C)C(CN1CCOCC1)NCc1nnnn1-c1ccccc1. The number of tetrazole rings is 1. The Morgan fingerprint density at radius 1 is 1.17 bits per heavy atom. The van der Waals surface area contributed by atoms with Crippen LogP contribution in [0.5, 0.6) is 0 Å². The van der Waals surface area contributed by atoms with E-state index in [0.717, 1.165) is 44.4 Å². The highest BCUT2D eigenvalue weighted by Crippen LogP contribution is 2.10. The highest BCUT2D eigenvalue weighted by Gasteiger charge is 2.20. The fraction of sp³-hybridized carbons (Fsp3) is 0.588. The van der Waals surface area contributed by atoms with Gasteiger partial charge in [-0.15, -0.1) is 5.10 Å². The number of para-hydroxylation sites is 1. The molecule has 0 aliphatic carbocycles. The molecule has 1 aromatic carbocycles. The summed E-state index contributed by atoms with van der Waals surface area (Å²) in [5.74, 6) is 1.36. The van der Waals surface area contributed by atoms with Crippen molar-refractivity contribution in [2.24, 2.45) is 5.92 Å². The molecule has 1 N–H and O–H groups in total. The lowest BCUT2D eigenvalue weighted by atomic mass is 10.0. The van der Waals surface area contributed by atoms with Crippen molar-refractivity contribution in [1.82, 2.24) is 30.4 Å². The van der Waals surface area contributed by atoms with E-state index in [-0.39, 0.29) is 0 Å². The molecule has 130 valence electrons. The van der Waals surface area contributed by atoms with Crippen LogP contribution in [-0.2, 0) is 11.3 Å². The number of aromatic nitrogens is 4. The van der Waals surface area contributed by atoms with Crippen LogP contribution >= 0.6 is 0 Å². The Labute approximate surface area is 143 Å². The number of hydrogen-bond acceptors (Lipinski definition) is 6. The monoisotopic (exact) mass is 330 g/mol. The molecule has 0 radical (unpaired) electrons. The van der Waals surface area contributed by atoms with Crippen molar-refractivity contribution >= 4 is 0 Å². The Kier molecular flexibility index (Phi) is 5.90. The minimum atomic E-state index is 0.393. The zero-order valence-electron chi connectivity index (χ0n) is 14.4. The molecule has 1 aromatic heterocycles. The molecule has 0 bridgehead atoms. The minimum absolute atomic E-state index is 0.393. The number of rotatable bonds is 7. The molecule has 1 atom stereocenters. The molecule has 2 aromatic rings. The van der Waals surface area contributed by atoms with Crippen molar-refractivity contribution < 1.29 is 4.74 Å². The fourth-order valence-electron chi connectivity index (χ4n) is 2.88. The van der Waals surface area contributed by atoms with Gasteiger partial charge >= 0.3 is 0 Å². The molecule has 24 heavy (non-hydrogen) atoms. The Morgan fingerprint density at radius 3 is 2.62 bits per heavy atom. The second kappa shape index (κ2) is 8.32. The van der Waals surface area contributed by atoms with Crippen LogP contribution in [0.4, 0.5) is 0 Å². The van der Waals surface area contributed by atoms with E-state index in [1.807, 2.05) is 30.3 Å². The van der Waals surface area contributed by atoms with Crippen LogP contribution in [0.2, 0.25) is 0 Å². The molecule has 2 heterocycles. The molecule has 0 spiro atoms. The summed E-state index contributed by atoms with van der Waals surface area (Å²) in [4.78, 5) is 2.46. The van der Waals surface area contributed by atoms with Crippen molar-refractivity contribution in [3.63, 3.8) is 0 Å². The van der Waals surface area contributed by atoms with Gasteiger partial charge in [-0.1, -0.05) is 32.0 Å². The quantitative estimate of drug-likeness (QED) is 0.820. The normalized spacial score (nSPS) is 17.3. The molecule has 3 rings (SSSR count). The molecule has 1 saturated heterocycles. The van der Waals surface area contributed by atoms with Gasteiger partial charge in [0.2, 0.25) is 0 Å². The molecule has 1 fully saturated rings. The van der Waals surface area contributed by atoms with Gasteiger partial charge in [0.1, 0.15) is 0 Å². The fourth-order valence-corrected chi connectivity index (χ4v) is 2.88. The van der Waals surface area contributed by atoms with Crippen molar-refractivity contribution in [2.45, 2.75) is 26.4 Å². The lowest BCUT2D eigenvalue weighted by Crippen LogP contribution is -2.47. The van der Waals surface area contributed by atoms with E-state index < -0.39 is 0 Å². The second-order valence-corrected chi connectivity index (χ2v) is 6.49. The highest BCUT2D eigenvalue weighted by atomic mass is 16.5. The second-order valence-electron chi connectivity index (χ2n) is 6.49. The van der Waals surface area contributed by atoms with Crippen molar-refractivity contribution in [3.8, 4) is 5.69 Å². The van der Waals surface area contributed by atoms with E-state index in [9.17, 15) is 0 Å². The summed E-state index contributed by atoms with van der Waals surface area (Å²) in [7, 11) is 0. The molecular weight excluding hydrogens is 304 g/mol. The number of ether oxygens (including phenoxy) is 1. The van der Waals surface area contributed by atoms with Gasteiger partial charge < -0.3 is 10.1 Å². The molecule has 1 aliphatic heterocycles. The molecule has 0 saturated carbocycles. The maximum absolute atomic E-state index is 5.43. The summed E-state index contributed by atoms with van der Waals surface area (Å²) in [6, 6.07) is 10.4. The van der Waals surface area contributed by atoms with E-state index in [2.05, 4.69) is 39.6 Å². The zero-order chi connectivity index (χ0) is 16.8. The van der Waals surface area contributed by atoms with Crippen LogP contribution in [0, 0.1) is 5.92 Å². The number of morpholine rings is 1. The molecule has 1 unspecified atom stereocenters. The van der Waals surface area contributed by atoms with E-state index in [1.54, 1.807) is 4.68 Å². The standard InChI is InChI=1S/C17H26N6O/c1-14(2)16(13-22-8-10-24-11-9-22)18-12-17-19-20-21-23(17)15-6-4-3-5-7-15/h3-7,14,16,18H,8-13H2,1-2H3. The van der Waals surface area contributed by atoms with Gasteiger partial charge in [-0.3, -0.25) is 4.90 Å². The smallest absolute Gasteiger partial charge is 0.170 e. The average molecular weight is 330 g/mol. The molecule has 0 amide bonds. The first-order valence-electron chi connectivity index (χ1n) is 8.60. The third-order valence-corrected chi connectivity index (χ3v) is 4.42. The Bertz CT molecular complexity index is 609. The first-order valence-corrected chi connectivity index (χ1v) is 8.60. The summed E-state index contributed by atoms with van der Waals surface area (Å²) in [5, 5.41) is 15.8. The van der Waals surface area contributed by atoms with Gasteiger partial charge in [-0.2, -0.15) is 4.68 Å². The van der Waals surface area contributed by atoms with E-state index in [0.29, 0.717) is 18.5 Å². The van der Waals surface area contributed by atoms with Gasteiger partial charge in [-0.05, 0) is 28.5 Å². The minimum Gasteiger partial charge on any atom is -0.379 e. The topological polar surface area (TPSA) is 68.1 Å². The van der Waals surface area contributed by atoms with Gasteiger partial charge in [0.05, 0.1) is 25.4 Å². The molecule has 1 aliphatic rings. The lowest BCUT2D eigenvalue weighted by molar-refractivity contribution is 0.0308. The van der Waals surface area contributed by atoms with Crippen LogP contribution in [0.1, 0.15) is 19.7 Å². The van der Waals surface area contributed by atoms with E-state index in [4.69, 9.17) is 4.74 Å². The third kappa shape index (κ3) is 4.37. The van der Waals surface area contributed by atoms with Gasteiger partial charge in [0.25, 0.3) is 0 Å². The van der Waals surface area contributed by atoms with Crippen LogP contribution in [0.3, 0.4) is 0 Å². The van der Waals surface area contributed by atoms with Crippen LogP contribution in [0.15, 0.2) is 30.3 Å². The summed E-state index contributed by atoms with van der Waals surface area (Å²) < 4.78 is 7.22. The molecule has 7 nitrogen and oxygen atoms in total. The Morgan fingerprint density at radius 2 is 1.92 bits per heavy atom. The number of nitrogens with zero attached hydrogens (tertiary/aromatic N) is 5. The zero-order valence-corrected chi connectivity index (χ0v) is 14.4. The number of nitrogens with one attached hydrogen (secondary N) is 1. The summed E-state index contributed by atoms with van der Waals surface area (Å²) in [6.07, 6.45) is 0. The third-order valence-electron chi connectivity index (χ3n) is 4.42. The van der Waals surface area contributed by atoms with Crippen LogP contribution < -0.4 is 5.32 Å². The first kappa shape index (κ1) is 17.0.